The van der Waals surface area contributed by atoms with Crippen LogP contribution in [0.1, 0.15) is 31.7 Å². The predicted molar refractivity (Wildman–Crippen MR) is 79.5 cm³/mol. The van der Waals surface area contributed by atoms with Crippen LogP contribution in [0.3, 0.4) is 0 Å². The van der Waals surface area contributed by atoms with Gasteiger partial charge in [-0.1, -0.05) is 12.1 Å². The molecule has 1 unspecified atom stereocenters. The Labute approximate surface area is 123 Å². The van der Waals surface area contributed by atoms with Crippen molar-refractivity contribution >= 4 is 17.3 Å². The Kier molecular flexibility index (Phi) is 4.77. The summed E-state index contributed by atoms with van der Waals surface area (Å²) in [7, 11) is 0. The summed E-state index contributed by atoms with van der Waals surface area (Å²) in [5.41, 5.74) is 1.40. The molecule has 1 aliphatic rings. The van der Waals surface area contributed by atoms with Crippen LogP contribution in [-0.4, -0.2) is 30.1 Å². The molecule has 114 valence electrons. The van der Waals surface area contributed by atoms with Crippen LogP contribution in [0.15, 0.2) is 18.2 Å². The third kappa shape index (κ3) is 3.15. The molecule has 0 aromatic heterocycles. The highest BCUT2D eigenvalue weighted by molar-refractivity contribution is 5.83. The topological polar surface area (TPSA) is 72.7 Å². The van der Waals surface area contributed by atoms with Crippen LogP contribution in [0.2, 0.25) is 0 Å². The number of piperidine rings is 1. The Morgan fingerprint density at radius 3 is 2.90 bits per heavy atom. The molecule has 1 heterocycles. The van der Waals surface area contributed by atoms with Crippen LogP contribution >= 0.6 is 0 Å². The summed E-state index contributed by atoms with van der Waals surface area (Å²) in [4.78, 5) is 24.9. The van der Waals surface area contributed by atoms with Gasteiger partial charge in [-0.3, -0.25) is 10.1 Å². The first kappa shape index (κ1) is 15.3. The van der Waals surface area contributed by atoms with Crippen molar-refractivity contribution in [2.75, 3.05) is 18.1 Å². The molecule has 0 radical (unpaired) electrons. The van der Waals surface area contributed by atoms with E-state index < -0.39 is 6.04 Å². The van der Waals surface area contributed by atoms with Crippen LogP contribution in [0.25, 0.3) is 0 Å². The van der Waals surface area contributed by atoms with Gasteiger partial charge in [0.2, 0.25) is 0 Å². The van der Waals surface area contributed by atoms with E-state index in [1.807, 2.05) is 17.9 Å². The zero-order valence-electron chi connectivity index (χ0n) is 12.4. The Hall–Kier alpha value is -2.11. The van der Waals surface area contributed by atoms with Crippen molar-refractivity contribution in [3.05, 3.63) is 33.9 Å². The van der Waals surface area contributed by atoms with Crippen molar-refractivity contribution in [3.8, 4) is 0 Å². The van der Waals surface area contributed by atoms with E-state index in [9.17, 15) is 14.9 Å². The second kappa shape index (κ2) is 6.56. The lowest BCUT2D eigenvalue weighted by Gasteiger charge is -2.36. The average molecular weight is 292 g/mol. The summed E-state index contributed by atoms with van der Waals surface area (Å²) in [5, 5.41) is 11.3. The van der Waals surface area contributed by atoms with Gasteiger partial charge in [-0.15, -0.1) is 0 Å². The monoisotopic (exact) mass is 292 g/mol. The quantitative estimate of drug-likeness (QED) is 0.484. The number of esters is 1. The molecule has 0 N–H and O–H groups in total. The summed E-state index contributed by atoms with van der Waals surface area (Å²) in [5.74, 6) is -0.297. The maximum atomic E-state index is 12.1. The minimum Gasteiger partial charge on any atom is -0.464 e. The third-order valence-corrected chi connectivity index (χ3v) is 3.76. The van der Waals surface area contributed by atoms with Crippen molar-refractivity contribution in [1.29, 1.82) is 0 Å². The average Bonchev–Trinajstić information content (AvgIpc) is 2.47. The lowest BCUT2D eigenvalue weighted by molar-refractivity contribution is -0.384. The van der Waals surface area contributed by atoms with Crippen molar-refractivity contribution in [2.24, 2.45) is 0 Å². The van der Waals surface area contributed by atoms with Gasteiger partial charge >= 0.3 is 5.97 Å². The molecule has 1 saturated heterocycles. The lowest BCUT2D eigenvalue weighted by Crippen LogP contribution is -2.46. The van der Waals surface area contributed by atoms with Gasteiger partial charge in [0.05, 0.1) is 11.5 Å². The molecule has 1 aromatic carbocycles. The summed E-state index contributed by atoms with van der Waals surface area (Å²) < 4.78 is 5.12. The smallest absolute Gasteiger partial charge is 0.328 e. The Morgan fingerprint density at radius 1 is 1.48 bits per heavy atom. The lowest BCUT2D eigenvalue weighted by atomic mass is 9.99. The SMILES string of the molecule is CCOC(=O)C1CCCCN1c1c(C)cccc1[N+](=O)[O-]. The minimum atomic E-state index is -0.432. The zero-order chi connectivity index (χ0) is 15.4. The van der Waals surface area contributed by atoms with Crippen molar-refractivity contribution in [1.82, 2.24) is 0 Å². The highest BCUT2D eigenvalue weighted by Crippen LogP contribution is 2.35. The Bertz CT molecular complexity index is 544. The molecule has 1 aromatic rings. The predicted octanol–water partition coefficient (Wildman–Crippen LogP) is 2.83. The molecular weight excluding hydrogens is 272 g/mol. The first-order chi connectivity index (χ1) is 10.1. The number of anilines is 1. The van der Waals surface area contributed by atoms with Gasteiger partial charge in [0, 0.05) is 12.6 Å². The maximum Gasteiger partial charge on any atom is 0.328 e. The van der Waals surface area contributed by atoms with Crippen LogP contribution in [0, 0.1) is 17.0 Å². The van der Waals surface area contributed by atoms with E-state index in [1.165, 1.54) is 6.07 Å². The summed E-state index contributed by atoms with van der Waals surface area (Å²) in [6.07, 6.45) is 2.52. The van der Waals surface area contributed by atoms with E-state index in [-0.39, 0.29) is 16.6 Å². The standard InChI is InChI=1S/C15H20N2O4/c1-3-21-15(18)13-8-4-5-10-16(13)14-11(2)7-6-9-12(14)17(19)20/h6-7,9,13H,3-5,8,10H2,1-2H3. The molecule has 0 bridgehead atoms. The fourth-order valence-electron chi connectivity index (χ4n) is 2.85. The highest BCUT2D eigenvalue weighted by Gasteiger charge is 2.34. The summed E-state index contributed by atoms with van der Waals surface area (Å²) in [6.45, 7) is 4.55. The van der Waals surface area contributed by atoms with E-state index in [1.54, 1.807) is 13.0 Å². The van der Waals surface area contributed by atoms with Gasteiger partial charge < -0.3 is 9.64 Å². The van der Waals surface area contributed by atoms with Gasteiger partial charge in [-0.2, -0.15) is 0 Å². The number of para-hydroxylation sites is 1. The van der Waals surface area contributed by atoms with Crippen LogP contribution in [0.5, 0.6) is 0 Å². The Morgan fingerprint density at radius 2 is 2.24 bits per heavy atom. The number of nitro groups is 1. The van der Waals surface area contributed by atoms with Crippen LogP contribution < -0.4 is 4.90 Å². The molecule has 21 heavy (non-hydrogen) atoms. The molecule has 1 aliphatic heterocycles. The van der Waals surface area contributed by atoms with E-state index in [0.29, 0.717) is 25.3 Å². The van der Waals surface area contributed by atoms with Crippen molar-refractivity contribution in [3.63, 3.8) is 0 Å². The van der Waals surface area contributed by atoms with Crippen molar-refractivity contribution in [2.45, 2.75) is 39.2 Å². The molecular formula is C15H20N2O4. The molecule has 6 nitrogen and oxygen atoms in total. The Balaban J connectivity index is 2.42. The molecule has 6 heteroatoms. The number of hydrogen-bond acceptors (Lipinski definition) is 5. The highest BCUT2D eigenvalue weighted by atomic mass is 16.6. The third-order valence-electron chi connectivity index (χ3n) is 3.76. The largest absolute Gasteiger partial charge is 0.464 e. The second-order valence-electron chi connectivity index (χ2n) is 5.16. The molecule has 0 amide bonds. The van der Waals surface area contributed by atoms with Gasteiger partial charge in [-0.25, -0.2) is 4.79 Å². The molecule has 0 spiro atoms. The van der Waals surface area contributed by atoms with Crippen molar-refractivity contribution < 1.29 is 14.5 Å². The zero-order valence-corrected chi connectivity index (χ0v) is 12.4. The molecule has 0 saturated carbocycles. The number of nitro benzene ring substituents is 1. The molecule has 1 atom stereocenters. The maximum absolute atomic E-state index is 12.1. The molecule has 2 rings (SSSR count). The minimum absolute atomic E-state index is 0.0474. The van der Waals surface area contributed by atoms with Gasteiger partial charge in [-0.05, 0) is 38.7 Å². The molecule has 0 aliphatic carbocycles. The summed E-state index contributed by atoms with van der Waals surface area (Å²) in [6, 6.07) is 4.55. The molecule has 1 fully saturated rings. The van der Waals surface area contributed by atoms with Crippen LogP contribution in [-0.2, 0) is 9.53 Å². The number of nitrogens with zero attached hydrogens (tertiary/aromatic N) is 2. The first-order valence-corrected chi connectivity index (χ1v) is 7.23. The fourth-order valence-corrected chi connectivity index (χ4v) is 2.85. The number of carbonyl (C=O) groups is 1. The van der Waals surface area contributed by atoms with E-state index in [0.717, 1.165) is 18.4 Å². The van der Waals surface area contributed by atoms with E-state index >= 15 is 0 Å². The van der Waals surface area contributed by atoms with Gasteiger partial charge in [0.1, 0.15) is 11.7 Å². The van der Waals surface area contributed by atoms with Gasteiger partial charge in [0.15, 0.2) is 0 Å². The van der Waals surface area contributed by atoms with Crippen LogP contribution in [0.4, 0.5) is 11.4 Å². The normalized spacial score (nSPS) is 18.4. The van der Waals surface area contributed by atoms with E-state index in [2.05, 4.69) is 0 Å². The van der Waals surface area contributed by atoms with Gasteiger partial charge in [0.25, 0.3) is 5.69 Å². The summed E-state index contributed by atoms with van der Waals surface area (Å²) >= 11 is 0. The number of carbonyl (C=O) groups excluding carboxylic acids is 1. The fraction of sp³-hybridized carbons (Fsp3) is 0.533. The number of hydrogen-bond donors (Lipinski definition) is 0. The number of benzene rings is 1. The number of rotatable bonds is 4. The van der Waals surface area contributed by atoms with E-state index in [4.69, 9.17) is 4.74 Å². The first-order valence-electron chi connectivity index (χ1n) is 7.23. The second-order valence-corrected chi connectivity index (χ2v) is 5.16. The number of ether oxygens (including phenoxy) is 1. The number of aryl methyl sites for hydroxylation is 1.